The lowest BCUT2D eigenvalue weighted by molar-refractivity contribution is -0.154. The van der Waals surface area contributed by atoms with Crippen LogP contribution in [0.2, 0.25) is 0 Å². The summed E-state index contributed by atoms with van der Waals surface area (Å²) in [5.74, 6) is -4.70. The molecule has 0 spiro atoms. The number of ketones is 1. The molecule has 3 aromatic rings. The predicted molar refractivity (Wildman–Crippen MR) is 124 cm³/mol. The van der Waals surface area contributed by atoms with Crippen molar-refractivity contribution in [2.75, 3.05) is 5.32 Å². The summed E-state index contributed by atoms with van der Waals surface area (Å²) in [6, 6.07) is 12.1. The van der Waals surface area contributed by atoms with E-state index in [-0.39, 0.29) is 18.1 Å². The van der Waals surface area contributed by atoms with Crippen LogP contribution in [-0.4, -0.2) is 49.1 Å². The first kappa shape index (κ1) is 25.3. The normalized spacial score (nSPS) is 12.4. The first-order valence-electron chi connectivity index (χ1n) is 10.0. The highest BCUT2D eigenvalue weighted by Crippen LogP contribution is 2.23. The third-order valence-corrected chi connectivity index (χ3v) is 5.72. The van der Waals surface area contributed by atoms with Crippen molar-refractivity contribution in [3.05, 3.63) is 70.0 Å². The number of nitrogens with zero attached hydrogens (tertiary/aromatic N) is 2. The van der Waals surface area contributed by atoms with E-state index in [1.807, 2.05) is 0 Å². The summed E-state index contributed by atoms with van der Waals surface area (Å²) < 4.78 is 5.91. The van der Waals surface area contributed by atoms with Crippen molar-refractivity contribution in [3.63, 3.8) is 0 Å². The maximum atomic E-state index is 13.1. The van der Waals surface area contributed by atoms with Crippen molar-refractivity contribution in [1.82, 2.24) is 9.55 Å². The second-order valence-corrected chi connectivity index (χ2v) is 8.27. The molecular weight excluding hydrogens is 480 g/mol. The Balaban J connectivity index is 1.91. The monoisotopic (exact) mass is 500 g/mol. The number of carbonyl (C=O) groups is 4. The second kappa shape index (κ2) is 10.7. The largest absolute Gasteiger partial charge is 0.481 e. The number of amides is 1. The molecule has 0 aliphatic heterocycles. The number of hydrogen-bond acceptors (Lipinski definition) is 9. The number of thiophene rings is 1. The number of benzene rings is 1. The Labute approximate surface area is 201 Å². The number of carboxylic acid groups (broad SMARTS) is 2. The molecule has 13 heteroatoms. The number of anilines is 1. The molecule has 2 aromatic heterocycles. The van der Waals surface area contributed by atoms with Gasteiger partial charge in [0.2, 0.25) is 0 Å². The lowest BCUT2D eigenvalue weighted by atomic mass is 9.91. The van der Waals surface area contributed by atoms with Crippen LogP contribution in [0, 0.1) is 0 Å². The Kier molecular flexibility index (Phi) is 7.73. The fourth-order valence-corrected chi connectivity index (χ4v) is 3.74. The quantitative estimate of drug-likeness (QED) is 0.297. The van der Waals surface area contributed by atoms with Crippen molar-refractivity contribution in [1.29, 1.82) is 0 Å². The van der Waals surface area contributed by atoms with E-state index in [1.165, 1.54) is 11.3 Å². The molecule has 0 aliphatic rings. The lowest BCUT2D eigenvalue weighted by Gasteiger charge is -2.22. The van der Waals surface area contributed by atoms with Crippen LogP contribution in [0.15, 0.2) is 58.8 Å². The maximum Gasteiger partial charge on any atom is 0.412 e. The summed E-state index contributed by atoms with van der Waals surface area (Å²) in [5.41, 5.74) is 2.31. The number of hydrogen-bond donors (Lipinski definition) is 4. The molecule has 35 heavy (non-hydrogen) atoms. The molecule has 0 bridgehead atoms. The number of aromatic nitrogens is 2. The van der Waals surface area contributed by atoms with Gasteiger partial charge in [-0.3, -0.25) is 24.3 Å². The van der Waals surface area contributed by atoms with Crippen LogP contribution in [0.25, 0.3) is 10.7 Å². The van der Waals surface area contributed by atoms with Crippen LogP contribution in [0.3, 0.4) is 0 Å². The van der Waals surface area contributed by atoms with E-state index in [4.69, 9.17) is 15.6 Å². The molecule has 1 aromatic carbocycles. The summed E-state index contributed by atoms with van der Waals surface area (Å²) in [7, 11) is 0. The highest BCUT2D eigenvalue weighted by Gasteiger charge is 2.44. The molecule has 2 heterocycles. The van der Waals surface area contributed by atoms with Gasteiger partial charge in [-0.1, -0.05) is 36.4 Å². The molecule has 3 rings (SSSR count). The van der Waals surface area contributed by atoms with Gasteiger partial charge in [0.05, 0.1) is 24.0 Å². The van der Waals surface area contributed by atoms with E-state index < -0.39 is 47.9 Å². The van der Waals surface area contributed by atoms with Crippen LogP contribution < -0.4 is 16.6 Å². The molecule has 12 nitrogen and oxygen atoms in total. The second-order valence-electron chi connectivity index (χ2n) is 7.32. The van der Waals surface area contributed by atoms with Crippen molar-refractivity contribution in [2.45, 2.75) is 25.1 Å². The van der Waals surface area contributed by atoms with Crippen LogP contribution in [0.5, 0.6) is 0 Å². The third kappa shape index (κ3) is 5.96. The minimum absolute atomic E-state index is 0.00427. The first-order chi connectivity index (χ1) is 16.6. The smallest absolute Gasteiger partial charge is 0.412 e. The van der Waals surface area contributed by atoms with Gasteiger partial charge in [0, 0.05) is 0 Å². The molecular formula is C22H20N4O8S. The summed E-state index contributed by atoms with van der Waals surface area (Å²) in [4.78, 5) is 65.5. The average Bonchev–Trinajstić information content (AvgIpc) is 3.35. The molecule has 1 atom stereocenters. The SMILES string of the molecule is N[C@@](CC(=O)O)(C(=O)O)C(=O)Cn1c(-c2cccs2)ncc(NC(=O)OCc2ccccc2)c1=O. The molecule has 5 N–H and O–H groups in total. The third-order valence-electron chi connectivity index (χ3n) is 4.85. The van der Waals surface area contributed by atoms with E-state index in [1.54, 1.807) is 47.8 Å². The Morgan fingerprint density at radius 2 is 1.83 bits per heavy atom. The van der Waals surface area contributed by atoms with Gasteiger partial charge in [0.1, 0.15) is 12.3 Å². The molecule has 0 saturated heterocycles. The van der Waals surface area contributed by atoms with Crippen LogP contribution in [0.4, 0.5) is 10.5 Å². The van der Waals surface area contributed by atoms with Crippen LogP contribution in [-0.2, 0) is 32.3 Å². The fraction of sp³-hybridized carbons (Fsp3) is 0.182. The highest BCUT2D eigenvalue weighted by atomic mass is 32.1. The number of nitrogens with two attached hydrogens (primary N) is 1. The van der Waals surface area contributed by atoms with E-state index in [0.29, 0.717) is 10.4 Å². The lowest BCUT2D eigenvalue weighted by Crippen LogP contribution is -2.57. The Morgan fingerprint density at radius 3 is 2.43 bits per heavy atom. The maximum absolute atomic E-state index is 13.1. The van der Waals surface area contributed by atoms with Gasteiger partial charge < -0.3 is 20.7 Å². The van der Waals surface area contributed by atoms with Crippen LogP contribution >= 0.6 is 11.3 Å². The van der Waals surface area contributed by atoms with E-state index in [2.05, 4.69) is 10.3 Å². The molecule has 0 saturated carbocycles. The zero-order chi connectivity index (χ0) is 25.6. The van der Waals surface area contributed by atoms with Gasteiger partial charge in [0.25, 0.3) is 5.56 Å². The number of carboxylic acids is 2. The predicted octanol–water partition coefficient (Wildman–Crippen LogP) is 1.55. The Hall–Kier alpha value is -4.36. The molecule has 182 valence electrons. The number of Topliss-reactive ketones (excluding diaryl/α,β-unsaturated/α-hetero) is 1. The molecule has 0 unspecified atom stereocenters. The molecule has 0 radical (unpaired) electrons. The van der Waals surface area contributed by atoms with Gasteiger partial charge in [-0.15, -0.1) is 11.3 Å². The topological polar surface area (TPSA) is 191 Å². The summed E-state index contributed by atoms with van der Waals surface area (Å²) in [6.45, 7) is -0.965. The standard InChI is InChI=1S/C22H20N4O8S/c23-22(20(31)32,9-17(28)29)16(27)11-26-18(15-7-4-8-35-15)24-10-14(19(26)30)25-21(33)34-12-13-5-2-1-3-6-13/h1-8,10H,9,11-12,23H2,(H,25,33)(H,28,29)(H,31,32)/t22-/m1/s1. The van der Waals surface area contributed by atoms with Crippen molar-refractivity contribution in [3.8, 4) is 10.7 Å². The Morgan fingerprint density at radius 1 is 1.11 bits per heavy atom. The van der Waals surface area contributed by atoms with Gasteiger partial charge in [-0.05, 0) is 17.0 Å². The van der Waals surface area contributed by atoms with Gasteiger partial charge >= 0.3 is 18.0 Å². The summed E-state index contributed by atoms with van der Waals surface area (Å²) in [6.07, 6.45) is -1.08. The van der Waals surface area contributed by atoms with Crippen molar-refractivity contribution < 1.29 is 34.1 Å². The average molecular weight is 500 g/mol. The van der Waals surface area contributed by atoms with Gasteiger partial charge in [0.15, 0.2) is 17.1 Å². The Bertz CT molecular complexity index is 1310. The zero-order valence-electron chi connectivity index (χ0n) is 18.0. The summed E-state index contributed by atoms with van der Waals surface area (Å²) >= 11 is 1.19. The number of rotatable bonds is 10. The van der Waals surface area contributed by atoms with Gasteiger partial charge in [-0.25, -0.2) is 14.6 Å². The highest BCUT2D eigenvalue weighted by molar-refractivity contribution is 7.13. The van der Waals surface area contributed by atoms with Crippen LogP contribution in [0.1, 0.15) is 12.0 Å². The number of carbonyl (C=O) groups excluding carboxylic acids is 2. The minimum atomic E-state index is -2.78. The van der Waals surface area contributed by atoms with E-state index in [9.17, 15) is 29.1 Å². The van der Waals surface area contributed by atoms with Gasteiger partial charge in [-0.2, -0.15) is 0 Å². The minimum Gasteiger partial charge on any atom is -0.481 e. The molecule has 0 fully saturated rings. The number of ether oxygens (including phenoxy) is 1. The first-order valence-corrected chi connectivity index (χ1v) is 10.9. The van der Waals surface area contributed by atoms with Crippen molar-refractivity contribution in [2.24, 2.45) is 5.73 Å². The van der Waals surface area contributed by atoms with E-state index in [0.717, 1.165) is 10.8 Å². The summed E-state index contributed by atoms with van der Waals surface area (Å²) in [5, 5.41) is 22.4. The van der Waals surface area contributed by atoms with E-state index >= 15 is 0 Å². The molecule has 1 amide bonds. The number of aliphatic carboxylic acids is 2. The number of nitrogens with one attached hydrogen (secondary N) is 1. The van der Waals surface area contributed by atoms with Crippen molar-refractivity contribution >= 4 is 40.8 Å². The molecule has 0 aliphatic carbocycles. The zero-order valence-corrected chi connectivity index (χ0v) is 18.9. The fourth-order valence-electron chi connectivity index (χ4n) is 3.01.